The molecule has 82 valence electrons. The summed E-state index contributed by atoms with van der Waals surface area (Å²) in [4.78, 5) is 22.3. The van der Waals surface area contributed by atoms with E-state index < -0.39 is 17.3 Å². The summed E-state index contributed by atoms with van der Waals surface area (Å²) in [6, 6.07) is 0. The van der Waals surface area contributed by atoms with Crippen molar-refractivity contribution in [3.8, 4) is 0 Å². The molecular weight excluding hydrogens is 186 g/mol. The summed E-state index contributed by atoms with van der Waals surface area (Å²) < 4.78 is 4.95. The van der Waals surface area contributed by atoms with Crippen molar-refractivity contribution in [3.63, 3.8) is 0 Å². The fourth-order valence-electron chi connectivity index (χ4n) is 1.21. The van der Waals surface area contributed by atoms with Crippen molar-refractivity contribution in [2.45, 2.75) is 26.4 Å². The van der Waals surface area contributed by atoms with Crippen LogP contribution in [0.1, 0.15) is 20.3 Å². The molecule has 0 aromatic carbocycles. The fraction of sp³-hybridized carbons (Fsp3) is 0.778. The molecule has 0 saturated heterocycles. The van der Waals surface area contributed by atoms with Crippen molar-refractivity contribution in [3.05, 3.63) is 0 Å². The fourth-order valence-corrected chi connectivity index (χ4v) is 1.21. The summed E-state index contributed by atoms with van der Waals surface area (Å²) in [5.41, 5.74) is -1.43. The summed E-state index contributed by atoms with van der Waals surface area (Å²) in [7, 11) is 2.90. The molecule has 5 nitrogen and oxygen atoms in total. The number of rotatable bonds is 5. The van der Waals surface area contributed by atoms with Gasteiger partial charge in [-0.25, -0.2) is 0 Å². The Labute approximate surface area is 83.4 Å². The Morgan fingerprint density at radius 1 is 1.57 bits per heavy atom. The van der Waals surface area contributed by atoms with E-state index in [4.69, 9.17) is 9.84 Å². The van der Waals surface area contributed by atoms with Crippen molar-refractivity contribution in [1.29, 1.82) is 0 Å². The Morgan fingerprint density at radius 3 is 2.36 bits per heavy atom. The molecule has 2 N–H and O–H groups in total. The number of carboxylic acid groups (broad SMARTS) is 1. The molecule has 0 aromatic heterocycles. The van der Waals surface area contributed by atoms with Gasteiger partial charge >= 0.3 is 5.97 Å². The highest BCUT2D eigenvalue weighted by atomic mass is 16.5. The van der Waals surface area contributed by atoms with Gasteiger partial charge in [-0.3, -0.25) is 9.59 Å². The molecule has 0 spiro atoms. The Kier molecular flexibility index (Phi) is 4.56. The van der Waals surface area contributed by atoms with Gasteiger partial charge in [-0.1, -0.05) is 0 Å². The number of hydrogen-bond donors (Lipinski definition) is 2. The van der Waals surface area contributed by atoms with Crippen LogP contribution in [-0.2, 0) is 14.3 Å². The Balaban J connectivity index is 4.73. The first-order valence-corrected chi connectivity index (χ1v) is 4.36. The first-order chi connectivity index (χ1) is 6.38. The van der Waals surface area contributed by atoms with Crippen molar-refractivity contribution < 1.29 is 19.4 Å². The number of carbonyl (C=O) groups is 2. The lowest BCUT2D eigenvalue weighted by atomic mass is 9.83. The minimum Gasteiger partial charge on any atom is -0.480 e. The maximum atomic E-state index is 11.4. The van der Waals surface area contributed by atoms with Crippen molar-refractivity contribution in [2.24, 2.45) is 5.41 Å². The van der Waals surface area contributed by atoms with Crippen molar-refractivity contribution >= 4 is 11.9 Å². The lowest BCUT2D eigenvalue weighted by Gasteiger charge is -2.25. The SMILES string of the molecule is CNC(=O)C(C)(CC(C)OC)C(=O)O. The van der Waals surface area contributed by atoms with E-state index >= 15 is 0 Å². The molecule has 0 fully saturated rings. The zero-order valence-electron chi connectivity index (χ0n) is 8.96. The van der Waals surface area contributed by atoms with Crippen molar-refractivity contribution in [1.82, 2.24) is 5.32 Å². The van der Waals surface area contributed by atoms with E-state index in [-0.39, 0.29) is 12.5 Å². The van der Waals surface area contributed by atoms with E-state index in [1.165, 1.54) is 21.1 Å². The molecule has 0 bridgehead atoms. The highest BCUT2D eigenvalue weighted by Gasteiger charge is 2.41. The summed E-state index contributed by atoms with van der Waals surface area (Å²) in [5.74, 6) is -1.64. The third-order valence-corrected chi connectivity index (χ3v) is 2.30. The smallest absolute Gasteiger partial charge is 0.319 e. The molecule has 0 rings (SSSR count). The predicted octanol–water partition coefficient (Wildman–Crippen LogP) is 0.248. The van der Waals surface area contributed by atoms with Crippen LogP contribution in [0.3, 0.4) is 0 Å². The molecule has 0 saturated carbocycles. The number of aliphatic carboxylic acids is 1. The highest BCUT2D eigenvalue weighted by Crippen LogP contribution is 2.24. The molecule has 0 aliphatic rings. The average molecular weight is 203 g/mol. The number of hydrogen-bond acceptors (Lipinski definition) is 3. The predicted molar refractivity (Wildman–Crippen MR) is 50.9 cm³/mol. The normalized spacial score (nSPS) is 16.9. The molecule has 0 radical (unpaired) electrons. The van der Waals surface area contributed by atoms with Gasteiger partial charge < -0.3 is 15.2 Å². The number of carboxylic acids is 1. The molecular formula is C9H17NO4. The van der Waals surface area contributed by atoms with Gasteiger partial charge in [-0.05, 0) is 20.3 Å². The van der Waals surface area contributed by atoms with E-state index in [1.54, 1.807) is 6.92 Å². The van der Waals surface area contributed by atoms with Gasteiger partial charge in [0.15, 0.2) is 0 Å². The van der Waals surface area contributed by atoms with Crippen LogP contribution in [0.25, 0.3) is 0 Å². The third-order valence-electron chi connectivity index (χ3n) is 2.30. The molecule has 2 atom stereocenters. The number of ether oxygens (including phenoxy) is 1. The number of carbonyl (C=O) groups excluding carboxylic acids is 1. The van der Waals surface area contributed by atoms with Crippen LogP contribution in [0.5, 0.6) is 0 Å². The zero-order chi connectivity index (χ0) is 11.4. The van der Waals surface area contributed by atoms with Crippen LogP contribution in [-0.4, -0.2) is 37.2 Å². The van der Waals surface area contributed by atoms with Gasteiger partial charge in [-0.2, -0.15) is 0 Å². The molecule has 5 heteroatoms. The van der Waals surface area contributed by atoms with Crippen LogP contribution in [0.4, 0.5) is 0 Å². The second kappa shape index (κ2) is 4.95. The standard InChI is InChI=1S/C9H17NO4/c1-6(14-4)5-9(2,8(12)13)7(11)10-3/h6H,5H2,1-4H3,(H,10,11)(H,12,13). The van der Waals surface area contributed by atoms with Crippen LogP contribution < -0.4 is 5.32 Å². The molecule has 1 amide bonds. The van der Waals surface area contributed by atoms with Crippen LogP contribution in [0.2, 0.25) is 0 Å². The molecule has 0 aromatic rings. The van der Waals surface area contributed by atoms with E-state index in [1.807, 2.05) is 0 Å². The highest BCUT2D eigenvalue weighted by molar-refractivity contribution is 6.01. The topological polar surface area (TPSA) is 75.6 Å². The second-order valence-corrected chi connectivity index (χ2v) is 3.47. The Morgan fingerprint density at radius 2 is 2.07 bits per heavy atom. The summed E-state index contributed by atoms with van der Waals surface area (Å²) >= 11 is 0. The van der Waals surface area contributed by atoms with Crippen LogP contribution >= 0.6 is 0 Å². The summed E-state index contributed by atoms with van der Waals surface area (Å²) in [6.07, 6.45) is -0.119. The van der Waals surface area contributed by atoms with E-state index in [9.17, 15) is 9.59 Å². The second-order valence-electron chi connectivity index (χ2n) is 3.47. The molecule has 0 aliphatic carbocycles. The first kappa shape index (κ1) is 12.9. The zero-order valence-corrected chi connectivity index (χ0v) is 8.96. The van der Waals surface area contributed by atoms with Crippen molar-refractivity contribution in [2.75, 3.05) is 14.2 Å². The van der Waals surface area contributed by atoms with E-state index in [0.717, 1.165) is 0 Å². The maximum absolute atomic E-state index is 11.4. The number of nitrogens with one attached hydrogen (secondary N) is 1. The first-order valence-electron chi connectivity index (χ1n) is 4.36. The van der Waals surface area contributed by atoms with Gasteiger partial charge in [0.1, 0.15) is 5.41 Å². The lowest BCUT2D eigenvalue weighted by Crippen LogP contribution is -2.45. The maximum Gasteiger partial charge on any atom is 0.319 e. The number of methoxy groups -OCH3 is 1. The largest absolute Gasteiger partial charge is 0.480 e. The number of amides is 1. The lowest BCUT2D eigenvalue weighted by molar-refractivity contribution is -0.156. The quantitative estimate of drug-likeness (QED) is 0.628. The minimum absolute atomic E-state index is 0.151. The monoisotopic (exact) mass is 203 g/mol. The summed E-state index contributed by atoms with van der Waals surface area (Å²) in [6.45, 7) is 3.12. The van der Waals surface area contributed by atoms with Gasteiger partial charge in [-0.15, -0.1) is 0 Å². The van der Waals surface area contributed by atoms with Gasteiger partial charge in [0.2, 0.25) is 5.91 Å². The third kappa shape index (κ3) is 2.70. The van der Waals surface area contributed by atoms with E-state index in [0.29, 0.717) is 0 Å². The molecule has 0 aliphatic heterocycles. The van der Waals surface area contributed by atoms with Gasteiger partial charge in [0.05, 0.1) is 6.10 Å². The van der Waals surface area contributed by atoms with Crippen LogP contribution in [0, 0.1) is 5.41 Å². The Hall–Kier alpha value is -1.10. The average Bonchev–Trinajstić information content (AvgIpc) is 2.15. The summed E-state index contributed by atoms with van der Waals surface area (Å²) in [5, 5.41) is 11.3. The van der Waals surface area contributed by atoms with Gasteiger partial charge in [0.25, 0.3) is 0 Å². The Bertz CT molecular complexity index is 229. The molecule has 2 unspecified atom stereocenters. The minimum atomic E-state index is -1.43. The molecule has 14 heavy (non-hydrogen) atoms. The van der Waals surface area contributed by atoms with Crippen LogP contribution in [0.15, 0.2) is 0 Å². The van der Waals surface area contributed by atoms with E-state index in [2.05, 4.69) is 5.32 Å². The molecule has 0 heterocycles. The van der Waals surface area contributed by atoms with Gasteiger partial charge in [0, 0.05) is 14.2 Å².